The smallest absolute Gasteiger partial charge is 0.225 e. The number of thiophene rings is 1. The summed E-state index contributed by atoms with van der Waals surface area (Å²) < 4.78 is 19.3. The van der Waals surface area contributed by atoms with E-state index in [1.165, 1.54) is 12.1 Å². The van der Waals surface area contributed by atoms with Crippen molar-refractivity contribution >= 4 is 22.9 Å². The third-order valence-electron chi connectivity index (χ3n) is 5.00. The topological polar surface area (TPSA) is 38.3 Å². The van der Waals surface area contributed by atoms with Crippen LogP contribution in [-0.2, 0) is 4.79 Å². The average Bonchev–Trinajstić information content (AvgIpc) is 3.12. The van der Waals surface area contributed by atoms with Gasteiger partial charge in [0.25, 0.3) is 0 Å². The lowest BCUT2D eigenvalue weighted by Gasteiger charge is -2.25. The second-order valence-electron chi connectivity index (χ2n) is 6.94. The Kier molecular flexibility index (Phi) is 5.44. The second kappa shape index (κ2) is 8.15. The minimum atomic E-state index is -0.270. The molecule has 1 amide bonds. The fraction of sp³-hybridized carbons (Fsp3) is 0.261. The van der Waals surface area contributed by atoms with E-state index in [9.17, 15) is 9.18 Å². The van der Waals surface area contributed by atoms with Crippen LogP contribution in [-0.4, -0.2) is 12.5 Å². The summed E-state index contributed by atoms with van der Waals surface area (Å²) >= 11 is 1.63. The number of hydrogen-bond acceptors (Lipinski definition) is 3. The molecule has 1 aromatic heterocycles. The summed E-state index contributed by atoms with van der Waals surface area (Å²) in [5, 5.41) is 5.07. The molecule has 0 fully saturated rings. The molecule has 28 heavy (non-hydrogen) atoms. The Morgan fingerprint density at radius 3 is 2.75 bits per heavy atom. The molecule has 0 saturated heterocycles. The lowest BCUT2D eigenvalue weighted by molar-refractivity contribution is -0.116. The molecule has 0 spiro atoms. The van der Waals surface area contributed by atoms with Crippen molar-refractivity contribution in [1.82, 2.24) is 0 Å². The molecule has 144 valence electrons. The summed E-state index contributed by atoms with van der Waals surface area (Å²) in [6.07, 6.45) is 2.47. The van der Waals surface area contributed by atoms with Crippen LogP contribution < -0.4 is 10.1 Å². The third-order valence-corrected chi connectivity index (χ3v) is 6.09. The number of para-hydroxylation sites is 1. The van der Waals surface area contributed by atoms with Crippen LogP contribution in [0.3, 0.4) is 0 Å². The maximum absolute atomic E-state index is 13.3. The number of nitrogens with one attached hydrogen (secondary N) is 1. The Bertz CT molecular complexity index is 981. The highest BCUT2D eigenvalue weighted by Gasteiger charge is 2.32. The van der Waals surface area contributed by atoms with Crippen LogP contribution in [0.4, 0.5) is 10.1 Å². The zero-order valence-electron chi connectivity index (χ0n) is 15.7. The van der Waals surface area contributed by atoms with Gasteiger partial charge in [-0.2, -0.15) is 0 Å². The van der Waals surface area contributed by atoms with Gasteiger partial charge in [0.1, 0.15) is 11.6 Å². The lowest BCUT2D eigenvalue weighted by Crippen LogP contribution is -2.22. The quantitative estimate of drug-likeness (QED) is 0.504. The predicted octanol–water partition coefficient (Wildman–Crippen LogP) is 6.21. The van der Waals surface area contributed by atoms with Crippen LogP contribution >= 0.6 is 11.3 Å². The van der Waals surface area contributed by atoms with Crippen molar-refractivity contribution in [2.75, 3.05) is 11.9 Å². The summed E-state index contributed by atoms with van der Waals surface area (Å²) in [4.78, 5) is 13.6. The molecule has 5 heteroatoms. The van der Waals surface area contributed by atoms with Crippen LogP contribution in [0.2, 0.25) is 0 Å². The van der Waals surface area contributed by atoms with Crippen molar-refractivity contribution in [3.05, 3.63) is 70.2 Å². The Hall–Kier alpha value is -2.66. The number of halogens is 1. The summed E-state index contributed by atoms with van der Waals surface area (Å²) in [6, 6.07) is 14.4. The van der Waals surface area contributed by atoms with E-state index in [4.69, 9.17) is 4.74 Å². The highest BCUT2D eigenvalue weighted by molar-refractivity contribution is 7.11. The zero-order valence-corrected chi connectivity index (χ0v) is 16.5. The fourth-order valence-electron chi connectivity index (χ4n) is 3.55. The van der Waals surface area contributed by atoms with E-state index in [0.29, 0.717) is 13.0 Å². The van der Waals surface area contributed by atoms with E-state index in [1.807, 2.05) is 29.6 Å². The van der Waals surface area contributed by atoms with Crippen LogP contribution in [0.15, 0.2) is 53.9 Å². The van der Waals surface area contributed by atoms with Gasteiger partial charge in [-0.3, -0.25) is 4.79 Å². The number of carbonyl (C=O) groups is 1. The lowest BCUT2D eigenvalue weighted by atomic mass is 9.88. The van der Waals surface area contributed by atoms with Crippen LogP contribution in [0.5, 0.6) is 5.75 Å². The summed E-state index contributed by atoms with van der Waals surface area (Å²) in [5.41, 5.74) is 3.71. The Labute approximate surface area is 168 Å². The first kappa shape index (κ1) is 18.7. The number of amides is 1. The van der Waals surface area contributed by atoms with Crippen molar-refractivity contribution in [1.29, 1.82) is 0 Å². The summed E-state index contributed by atoms with van der Waals surface area (Å²) in [5.74, 6) is 0.523. The fourth-order valence-corrected chi connectivity index (χ4v) is 4.70. The van der Waals surface area contributed by atoms with Crippen molar-refractivity contribution in [2.24, 2.45) is 0 Å². The highest BCUT2D eigenvalue weighted by atomic mass is 32.1. The summed E-state index contributed by atoms with van der Waals surface area (Å²) in [7, 11) is 0. The standard InChI is InChI=1S/C23H22FNO2S/c1-2-3-12-27-20-7-5-4-6-17(20)18-13-21(26)25-22-19(14-28-23(18)22)15-8-10-16(24)11-9-15/h4-11,14,18H,2-3,12-13H2,1H3,(H,25,26)/t18-/m1/s1. The molecule has 1 aliphatic heterocycles. The molecule has 0 radical (unpaired) electrons. The number of carbonyl (C=O) groups excluding carboxylic acids is 1. The highest BCUT2D eigenvalue weighted by Crippen LogP contribution is 2.48. The maximum Gasteiger partial charge on any atom is 0.225 e. The number of unbranched alkanes of at least 4 members (excludes halogenated alkanes) is 1. The number of hydrogen-bond donors (Lipinski definition) is 1. The first-order valence-electron chi connectivity index (χ1n) is 9.56. The van der Waals surface area contributed by atoms with Gasteiger partial charge in [0.2, 0.25) is 5.91 Å². The number of benzene rings is 2. The van der Waals surface area contributed by atoms with Gasteiger partial charge in [0.05, 0.1) is 12.3 Å². The Balaban J connectivity index is 1.73. The van der Waals surface area contributed by atoms with Crippen molar-refractivity contribution in [3.8, 4) is 16.9 Å². The van der Waals surface area contributed by atoms with Gasteiger partial charge in [0.15, 0.2) is 0 Å². The van der Waals surface area contributed by atoms with E-state index in [-0.39, 0.29) is 17.6 Å². The van der Waals surface area contributed by atoms with Crippen LogP contribution in [0.1, 0.15) is 42.5 Å². The van der Waals surface area contributed by atoms with E-state index in [1.54, 1.807) is 23.5 Å². The van der Waals surface area contributed by atoms with Gasteiger partial charge in [-0.15, -0.1) is 11.3 Å². The Morgan fingerprint density at radius 2 is 1.96 bits per heavy atom. The maximum atomic E-state index is 13.3. The van der Waals surface area contributed by atoms with Crippen LogP contribution in [0.25, 0.3) is 11.1 Å². The molecule has 0 unspecified atom stereocenters. The van der Waals surface area contributed by atoms with Crippen molar-refractivity contribution < 1.29 is 13.9 Å². The predicted molar refractivity (Wildman–Crippen MR) is 112 cm³/mol. The molecule has 0 saturated carbocycles. The molecular weight excluding hydrogens is 373 g/mol. The molecule has 3 aromatic rings. The normalized spacial score (nSPS) is 15.8. The largest absolute Gasteiger partial charge is 0.493 e. The zero-order chi connectivity index (χ0) is 19.5. The Morgan fingerprint density at radius 1 is 1.18 bits per heavy atom. The molecule has 1 aliphatic rings. The van der Waals surface area contributed by atoms with Gasteiger partial charge in [-0.1, -0.05) is 43.7 Å². The first-order valence-corrected chi connectivity index (χ1v) is 10.4. The molecule has 1 N–H and O–H groups in total. The van der Waals surface area contributed by atoms with Crippen molar-refractivity contribution in [2.45, 2.75) is 32.1 Å². The van der Waals surface area contributed by atoms with E-state index >= 15 is 0 Å². The van der Waals surface area contributed by atoms with Gasteiger partial charge in [0, 0.05) is 33.7 Å². The molecule has 1 atom stereocenters. The molecule has 3 nitrogen and oxygen atoms in total. The molecule has 4 rings (SSSR count). The molecule has 0 aliphatic carbocycles. The van der Waals surface area contributed by atoms with Gasteiger partial charge >= 0.3 is 0 Å². The minimum Gasteiger partial charge on any atom is -0.493 e. The van der Waals surface area contributed by atoms with Crippen molar-refractivity contribution in [3.63, 3.8) is 0 Å². The van der Waals surface area contributed by atoms with E-state index in [2.05, 4.69) is 12.2 Å². The molecule has 2 aromatic carbocycles. The number of ether oxygens (including phenoxy) is 1. The minimum absolute atomic E-state index is 0.0115. The molecule has 2 heterocycles. The van der Waals surface area contributed by atoms with E-state index < -0.39 is 0 Å². The SMILES string of the molecule is CCCCOc1ccccc1[C@H]1CC(=O)Nc2c(-c3ccc(F)cc3)csc21. The molecular formula is C23H22FNO2S. The number of fused-ring (bicyclic) bond motifs is 1. The second-order valence-corrected chi connectivity index (χ2v) is 7.85. The van der Waals surface area contributed by atoms with Crippen LogP contribution in [0, 0.1) is 5.82 Å². The third kappa shape index (κ3) is 3.67. The van der Waals surface area contributed by atoms with Gasteiger partial charge < -0.3 is 10.1 Å². The summed E-state index contributed by atoms with van der Waals surface area (Å²) in [6.45, 7) is 2.81. The molecule has 0 bridgehead atoms. The van der Waals surface area contributed by atoms with E-state index in [0.717, 1.165) is 45.8 Å². The van der Waals surface area contributed by atoms with Gasteiger partial charge in [-0.05, 0) is 30.2 Å². The van der Waals surface area contributed by atoms with Gasteiger partial charge in [-0.25, -0.2) is 4.39 Å². The monoisotopic (exact) mass is 395 g/mol. The first-order chi connectivity index (χ1) is 13.7. The average molecular weight is 395 g/mol. The number of rotatable bonds is 6. The number of anilines is 1.